The van der Waals surface area contributed by atoms with E-state index in [1.807, 2.05) is 6.92 Å². The Morgan fingerprint density at radius 1 is 1.50 bits per heavy atom. The van der Waals surface area contributed by atoms with E-state index in [-0.39, 0.29) is 5.75 Å². The van der Waals surface area contributed by atoms with Gasteiger partial charge in [0.15, 0.2) is 0 Å². The van der Waals surface area contributed by atoms with Crippen LogP contribution in [-0.2, 0) is 10.0 Å². The molecule has 1 unspecified atom stereocenters. The van der Waals surface area contributed by atoms with Crippen LogP contribution < -0.4 is 10.0 Å². The highest BCUT2D eigenvalue weighted by Gasteiger charge is 2.16. The number of hydrogen-bond donors (Lipinski definition) is 2. The smallest absolute Gasteiger partial charge is 0.211 e. The van der Waals surface area contributed by atoms with Gasteiger partial charge in [0.2, 0.25) is 10.0 Å². The largest absolute Gasteiger partial charge is 0.313 e. The molecule has 1 atom stereocenters. The fraction of sp³-hybridized carbons (Fsp3) is 1.00. The van der Waals surface area contributed by atoms with Gasteiger partial charge in [0.25, 0.3) is 0 Å². The summed E-state index contributed by atoms with van der Waals surface area (Å²) in [5.41, 5.74) is 0. The standard InChI is InChI=1S/C9H20N2O2S/c1-2-3-7-14(12,13)11-8-9-5-4-6-10-9/h9-11H,2-8H2,1H3. The highest BCUT2D eigenvalue weighted by atomic mass is 32.2. The lowest BCUT2D eigenvalue weighted by molar-refractivity contribution is 0.549. The van der Waals surface area contributed by atoms with Crippen LogP contribution >= 0.6 is 0 Å². The second-order valence-corrected chi connectivity index (χ2v) is 5.74. The molecule has 0 aromatic carbocycles. The van der Waals surface area contributed by atoms with Crippen molar-refractivity contribution < 1.29 is 8.42 Å². The summed E-state index contributed by atoms with van der Waals surface area (Å²) in [4.78, 5) is 0. The third-order valence-electron chi connectivity index (χ3n) is 2.48. The number of nitrogens with one attached hydrogen (secondary N) is 2. The summed E-state index contributed by atoms with van der Waals surface area (Å²) in [7, 11) is -3.02. The molecule has 0 saturated carbocycles. The average molecular weight is 220 g/mol. The normalized spacial score (nSPS) is 22.8. The van der Waals surface area contributed by atoms with Gasteiger partial charge in [-0.25, -0.2) is 13.1 Å². The maximum atomic E-state index is 11.4. The monoisotopic (exact) mass is 220 g/mol. The lowest BCUT2D eigenvalue weighted by Crippen LogP contribution is -2.38. The molecular weight excluding hydrogens is 200 g/mol. The van der Waals surface area contributed by atoms with Gasteiger partial charge >= 0.3 is 0 Å². The first-order valence-corrected chi connectivity index (χ1v) is 7.00. The molecule has 84 valence electrons. The van der Waals surface area contributed by atoms with Gasteiger partial charge in [-0.15, -0.1) is 0 Å². The highest BCUT2D eigenvalue weighted by Crippen LogP contribution is 2.04. The van der Waals surface area contributed by atoms with Crippen LogP contribution in [0.3, 0.4) is 0 Å². The zero-order valence-corrected chi connectivity index (χ0v) is 9.57. The number of rotatable bonds is 6. The van der Waals surface area contributed by atoms with E-state index in [2.05, 4.69) is 10.0 Å². The van der Waals surface area contributed by atoms with Crippen molar-refractivity contribution in [2.75, 3.05) is 18.8 Å². The zero-order valence-electron chi connectivity index (χ0n) is 8.75. The van der Waals surface area contributed by atoms with Crippen molar-refractivity contribution in [3.63, 3.8) is 0 Å². The fourth-order valence-corrected chi connectivity index (χ4v) is 2.83. The summed E-state index contributed by atoms with van der Waals surface area (Å²) in [5, 5.41) is 3.26. The third-order valence-corrected chi connectivity index (χ3v) is 3.91. The van der Waals surface area contributed by atoms with Crippen LogP contribution in [0.2, 0.25) is 0 Å². The molecule has 1 fully saturated rings. The zero-order chi connectivity index (χ0) is 10.4. The quantitative estimate of drug-likeness (QED) is 0.683. The molecule has 0 radical (unpaired) electrons. The van der Waals surface area contributed by atoms with Crippen LogP contribution in [0.25, 0.3) is 0 Å². The minimum atomic E-state index is -3.02. The van der Waals surface area contributed by atoms with Crippen LogP contribution in [0.1, 0.15) is 32.6 Å². The maximum absolute atomic E-state index is 11.4. The van der Waals surface area contributed by atoms with E-state index in [1.54, 1.807) is 0 Å². The second kappa shape index (κ2) is 5.68. The Labute approximate surface area is 86.5 Å². The Morgan fingerprint density at radius 3 is 2.86 bits per heavy atom. The molecule has 0 aromatic heterocycles. The number of hydrogen-bond acceptors (Lipinski definition) is 3. The van der Waals surface area contributed by atoms with Crippen LogP contribution in [0.5, 0.6) is 0 Å². The Hall–Kier alpha value is -0.130. The van der Waals surface area contributed by atoms with Gasteiger partial charge < -0.3 is 5.32 Å². The highest BCUT2D eigenvalue weighted by molar-refractivity contribution is 7.89. The Morgan fingerprint density at radius 2 is 2.29 bits per heavy atom. The van der Waals surface area contributed by atoms with Crippen molar-refractivity contribution >= 4 is 10.0 Å². The SMILES string of the molecule is CCCCS(=O)(=O)NCC1CCCN1. The first-order valence-electron chi connectivity index (χ1n) is 5.35. The van der Waals surface area contributed by atoms with E-state index in [1.165, 1.54) is 0 Å². The van der Waals surface area contributed by atoms with Crippen molar-refractivity contribution in [2.45, 2.75) is 38.6 Å². The molecule has 1 heterocycles. The first-order chi connectivity index (χ1) is 6.64. The van der Waals surface area contributed by atoms with Crippen LogP contribution in [0.15, 0.2) is 0 Å². The Kier molecular flexibility index (Phi) is 4.84. The Bertz CT molecular complexity index is 246. The summed E-state index contributed by atoms with van der Waals surface area (Å²) in [5.74, 6) is 0.260. The average Bonchev–Trinajstić information content (AvgIpc) is 2.64. The number of unbranched alkanes of at least 4 members (excludes halogenated alkanes) is 1. The molecule has 4 nitrogen and oxygen atoms in total. The lowest BCUT2D eigenvalue weighted by Gasteiger charge is -2.11. The predicted molar refractivity (Wildman–Crippen MR) is 57.7 cm³/mol. The second-order valence-electron chi connectivity index (χ2n) is 3.81. The van der Waals surface area contributed by atoms with E-state index >= 15 is 0 Å². The van der Waals surface area contributed by atoms with E-state index in [4.69, 9.17) is 0 Å². The van der Waals surface area contributed by atoms with Crippen LogP contribution in [-0.4, -0.2) is 33.3 Å². The minimum absolute atomic E-state index is 0.260. The van der Waals surface area contributed by atoms with E-state index in [9.17, 15) is 8.42 Å². The van der Waals surface area contributed by atoms with Gasteiger partial charge in [-0.2, -0.15) is 0 Å². The van der Waals surface area contributed by atoms with Gasteiger partial charge in [0.05, 0.1) is 5.75 Å². The van der Waals surface area contributed by atoms with E-state index in [0.29, 0.717) is 12.6 Å². The van der Waals surface area contributed by atoms with Crippen LogP contribution in [0, 0.1) is 0 Å². The van der Waals surface area contributed by atoms with Gasteiger partial charge in [0.1, 0.15) is 0 Å². The van der Waals surface area contributed by atoms with Crippen molar-refractivity contribution in [1.82, 2.24) is 10.0 Å². The summed E-state index contributed by atoms with van der Waals surface area (Å²) < 4.78 is 25.5. The van der Waals surface area contributed by atoms with Crippen molar-refractivity contribution in [3.8, 4) is 0 Å². The molecule has 0 aliphatic carbocycles. The molecule has 5 heteroatoms. The van der Waals surface area contributed by atoms with Crippen molar-refractivity contribution in [2.24, 2.45) is 0 Å². The van der Waals surface area contributed by atoms with Gasteiger partial charge in [-0.3, -0.25) is 0 Å². The molecule has 0 aromatic rings. The molecule has 1 aliphatic heterocycles. The van der Waals surface area contributed by atoms with Gasteiger partial charge in [-0.05, 0) is 25.8 Å². The molecule has 1 saturated heterocycles. The van der Waals surface area contributed by atoms with E-state index < -0.39 is 10.0 Å². The van der Waals surface area contributed by atoms with Gasteiger partial charge in [0, 0.05) is 12.6 Å². The molecular formula is C9H20N2O2S. The summed E-state index contributed by atoms with van der Waals surface area (Å²) >= 11 is 0. The third kappa shape index (κ3) is 4.39. The predicted octanol–water partition coefficient (Wildman–Crippen LogP) is 0.458. The molecule has 0 amide bonds. The maximum Gasteiger partial charge on any atom is 0.211 e. The summed E-state index contributed by atoms with van der Waals surface area (Å²) in [6, 6.07) is 0.339. The van der Waals surface area contributed by atoms with E-state index in [0.717, 1.165) is 32.2 Å². The Balaban J connectivity index is 2.21. The molecule has 1 aliphatic rings. The fourth-order valence-electron chi connectivity index (χ4n) is 1.57. The van der Waals surface area contributed by atoms with Gasteiger partial charge in [-0.1, -0.05) is 13.3 Å². The number of sulfonamides is 1. The molecule has 0 bridgehead atoms. The molecule has 0 spiro atoms. The lowest BCUT2D eigenvalue weighted by atomic mass is 10.2. The van der Waals surface area contributed by atoms with Crippen LogP contribution in [0.4, 0.5) is 0 Å². The molecule has 14 heavy (non-hydrogen) atoms. The first kappa shape index (κ1) is 11.9. The summed E-state index contributed by atoms with van der Waals surface area (Å²) in [6.45, 7) is 3.56. The van der Waals surface area contributed by atoms with Crippen molar-refractivity contribution in [1.29, 1.82) is 0 Å². The van der Waals surface area contributed by atoms with Crippen molar-refractivity contribution in [3.05, 3.63) is 0 Å². The summed E-state index contributed by atoms with van der Waals surface area (Å²) in [6.07, 6.45) is 3.90. The molecule has 2 N–H and O–H groups in total. The minimum Gasteiger partial charge on any atom is -0.313 e. The molecule has 1 rings (SSSR count). The topological polar surface area (TPSA) is 58.2 Å².